The number of ether oxygens (including phenoxy) is 1. The Labute approximate surface area is 121 Å². The molecule has 0 aliphatic rings. The van der Waals surface area contributed by atoms with E-state index >= 15 is 0 Å². The zero-order chi connectivity index (χ0) is 14.4. The van der Waals surface area contributed by atoms with Crippen LogP contribution in [0.25, 0.3) is 0 Å². The number of amides is 1. The van der Waals surface area contributed by atoms with E-state index in [-0.39, 0.29) is 17.8 Å². The highest BCUT2D eigenvalue weighted by Crippen LogP contribution is 2.19. The fourth-order valence-electron chi connectivity index (χ4n) is 1.73. The van der Waals surface area contributed by atoms with Gasteiger partial charge in [0.1, 0.15) is 5.82 Å². The zero-order valence-corrected chi connectivity index (χ0v) is 13.0. The van der Waals surface area contributed by atoms with Gasteiger partial charge in [-0.1, -0.05) is 6.92 Å². The van der Waals surface area contributed by atoms with Gasteiger partial charge in [-0.3, -0.25) is 4.79 Å². The number of rotatable bonds is 6. The van der Waals surface area contributed by atoms with Crippen molar-refractivity contribution in [2.45, 2.75) is 26.3 Å². The molecule has 0 aliphatic carbocycles. The number of nitrogens with zero attached hydrogens (tertiary/aromatic N) is 1. The molecule has 1 aromatic rings. The van der Waals surface area contributed by atoms with Gasteiger partial charge in [-0.05, 0) is 47.5 Å². The third-order valence-electron chi connectivity index (χ3n) is 3.09. The molecule has 0 radical (unpaired) electrons. The van der Waals surface area contributed by atoms with Crippen LogP contribution in [0.3, 0.4) is 0 Å². The lowest BCUT2D eigenvalue weighted by atomic mass is 10.1. The molecular weight excluding hydrogens is 313 g/mol. The second-order valence-corrected chi connectivity index (χ2v) is 5.23. The summed E-state index contributed by atoms with van der Waals surface area (Å²) in [4.78, 5) is 14.2. The lowest BCUT2D eigenvalue weighted by Gasteiger charge is -2.28. The lowest BCUT2D eigenvalue weighted by molar-refractivity contribution is 0.0614. The van der Waals surface area contributed by atoms with Crippen molar-refractivity contribution in [2.24, 2.45) is 0 Å². The molecule has 5 heteroatoms. The van der Waals surface area contributed by atoms with Crippen molar-refractivity contribution >= 4 is 21.8 Å². The highest BCUT2D eigenvalue weighted by molar-refractivity contribution is 9.10. The SMILES string of the molecule is CCC(C)N(CCOC)C(=O)c1ccc(F)c(Br)c1. The first kappa shape index (κ1) is 16.1. The van der Waals surface area contributed by atoms with Gasteiger partial charge in [0.05, 0.1) is 11.1 Å². The molecule has 1 unspecified atom stereocenters. The predicted octanol–water partition coefficient (Wildman–Crippen LogP) is 3.48. The molecule has 0 aliphatic heterocycles. The Bertz CT molecular complexity index is 439. The summed E-state index contributed by atoms with van der Waals surface area (Å²) < 4.78 is 18.5. The highest BCUT2D eigenvalue weighted by Gasteiger charge is 2.20. The van der Waals surface area contributed by atoms with Crippen LogP contribution in [0.15, 0.2) is 22.7 Å². The van der Waals surface area contributed by atoms with Gasteiger partial charge < -0.3 is 9.64 Å². The van der Waals surface area contributed by atoms with Crippen molar-refractivity contribution in [3.8, 4) is 0 Å². The first-order valence-corrected chi connectivity index (χ1v) is 7.05. The first-order chi connectivity index (χ1) is 9.01. The summed E-state index contributed by atoms with van der Waals surface area (Å²) in [6, 6.07) is 4.43. The molecule has 3 nitrogen and oxygen atoms in total. The molecule has 1 aromatic carbocycles. The molecule has 0 N–H and O–H groups in total. The second kappa shape index (κ2) is 7.60. The summed E-state index contributed by atoms with van der Waals surface area (Å²) in [5, 5.41) is 0. The topological polar surface area (TPSA) is 29.5 Å². The van der Waals surface area contributed by atoms with Crippen molar-refractivity contribution in [1.82, 2.24) is 4.90 Å². The molecule has 106 valence electrons. The van der Waals surface area contributed by atoms with Gasteiger partial charge in [0.15, 0.2) is 0 Å². The van der Waals surface area contributed by atoms with Crippen molar-refractivity contribution in [3.05, 3.63) is 34.1 Å². The summed E-state index contributed by atoms with van der Waals surface area (Å²) in [6.07, 6.45) is 0.859. The minimum Gasteiger partial charge on any atom is -0.383 e. The van der Waals surface area contributed by atoms with Gasteiger partial charge in [-0.2, -0.15) is 0 Å². The fourth-order valence-corrected chi connectivity index (χ4v) is 2.11. The van der Waals surface area contributed by atoms with E-state index in [0.717, 1.165) is 6.42 Å². The van der Waals surface area contributed by atoms with E-state index in [2.05, 4.69) is 15.9 Å². The average molecular weight is 332 g/mol. The Balaban J connectivity index is 2.94. The highest BCUT2D eigenvalue weighted by atomic mass is 79.9. The van der Waals surface area contributed by atoms with Crippen LogP contribution in [0.2, 0.25) is 0 Å². The Morgan fingerprint density at radius 2 is 2.21 bits per heavy atom. The molecule has 0 fully saturated rings. The molecular formula is C14H19BrFNO2. The molecule has 0 saturated carbocycles. The van der Waals surface area contributed by atoms with E-state index in [0.29, 0.717) is 23.2 Å². The molecule has 0 heterocycles. The van der Waals surface area contributed by atoms with Crippen molar-refractivity contribution in [3.63, 3.8) is 0 Å². The standard InChI is InChI=1S/C14H19BrFNO2/c1-4-10(2)17(7-8-19-3)14(18)11-5-6-13(16)12(15)9-11/h5-6,9-10H,4,7-8H2,1-3H3. The maximum absolute atomic E-state index is 13.2. The molecule has 0 spiro atoms. The van der Waals surface area contributed by atoms with Gasteiger partial charge in [0.2, 0.25) is 0 Å². The number of carbonyl (C=O) groups is 1. The van der Waals surface area contributed by atoms with E-state index in [1.165, 1.54) is 18.2 Å². The quantitative estimate of drug-likeness (QED) is 0.798. The summed E-state index contributed by atoms with van der Waals surface area (Å²) in [6.45, 7) is 5.03. The average Bonchev–Trinajstić information content (AvgIpc) is 2.41. The third-order valence-corrected chi connectivity index (χ3v) is 3.69. The number of hydrogen-bond donors (Lipinski definition) is 0. The van der Waals surface area contributed by atoms with Gasteiger partial charge >= 0.3 is 0 Å². The van der Waals surface area contributed by atoms with E-state index in [1.807, 2.05) is 13.8 Å². The monoisotopic (exact) mass is 331 g/mol. The largest absolute Gasteiger partial charge is 0.383 e. The Hall–Kier alpha value is -0.940. The fraction of sp³-hybridized carbons (Fsp3) is 0.500. The van der Waals surface area contributed by atoms with Gasteiger partial charge in [-0.25, -0.2) is 4.39 Å². The first-order valence-electron chi connectivity index (χ1n) is 6.26. The summed E-state index contributed by atoms with van der Waals surface area (Å²) >= 11 is 3.10. The van der Waals surface area contributed by atoms with Crippen LogP contribution in [-0.4, -0.2) is 37.1 Å². The van der Waals surface area contributed by atoms with E-state index in [1.54, 1.807) is 12.0 Å². The van der Waals surface area contributed by atoms with Crippen LogP contribution in [0.4, 0.5) is 4.39 Å². The molecule has 1 amide bonds. The Morgan fingerprint density at radius 3 is 2.74 bits per heavy atom. The van der Waals surface area contributed by atoms with Crippen molar-refractivity contribution < 1.29 is 13.9 Å². The zero-order valence-electron chi connectivity index (χ0n) is 11.5. The van der Waals surface area contributed by atoms with Gasteiger partial charge in [0.25, 0.3) is 5.91 Å². The minimum absolute atomic E-state index is 0.105. The predicted molar refractivity (Wildman–Crippen MR) is 76.8 cm³/mol. The van der Waals surface area contributed by atoms with E-state index < -0.39 is 0 Å². The van der Waals surface area contributed by atoms with E-state index in [4.69, 9.17) is 4.74 Å². The van der Waals surface area contributed by atoms with Crippen LogP contribution in [0, 0.1) is 5.82 Å². The van der Waals surface area contributed by atoms with Crippen LogP contribution in [-0.2, 0) is 4.74 Å². The second-order valence-electron chi connectivity index (χ2n) is 4.38. The normalized spacial score (nSPS) is 12.3. The number of methoxy groups -OCH3 is 1. The number of halogens is 2. The van der Waals surface area contributed by atoms with Crippen LogP contribution >= 0.6 is 15.9 Å². The Kier molecular flexibility index (Phi) is 6.45. The van der Waals surface area contributed by atoms with E-state index in [9.17, 15) is 9.18 Å². The number of benzene rings is 1. The lowest BCUT2D eigenvalue weighted by Crippen LogP contribution is -2.40. The number of carbonyl (C=O) groups excluding carboxylic acids is 1. The van der Waals surface area contributed by atoms with Crippen LogP contribution in [0.1, 0.15) is 30.6 Å². The maximum Gasteiger partial charge on any atom is 0.254 e. The maximum atomic E-state index is 13.2. The Morgan fingerprint density at radius 1 is 1.53 bits per heavy atom. The molecule has 1 atom stereocenters. The summed E-state index contributed by atoms with van der Waals surface area (Å²) in [7, 11) is 1.60. The molecule has 0 aromatic heterocycles. The molecule has 1 rings (SSSR count). The van der Waals surface area contributed by atoms with Crippen molar-refractivity contribution in [1.29, 1.82) is 0 Å². The summed E-state index contributed by atoms with van der Waals surface area (Å²) in [5.41, 5.74) is 0.477. The third kappa shape index (κ3) is 4.28. The smallest absolute Gasteiger partial charge is 0.254 e. The van der Waals surface area contributed by atoms with Crippen LogP contribution < -0.4 is 0 Å². The van der Waals surface area contributed by atoms with Crippen molar-refractivity contribution in [2.75, 3.05) is 20.3 Å². The van der Waals surface area contributed by atoms with Crippen LogP contribution in [0.5, 0.6) is 0 Å². The molecule has 0 bridgehead atoms. The summed E-state index contributed by atoms with van der Waals surface area (Å²) in [5.74, 6) is -0.476. The molecule has 0 saturated heterocycles. The minimum atomic E-state index is -0.372. The van der Waals surface area contributed by atoms with Gasteiger partial charge in [-0.15, -0.1) is 0 Å². The molecule has 19 heavy (non-hydrogen) atoms. The number of hydrogen-bond acceptors (Lipinski definition) is 2. The van der Waals surface area contributed by atoms with Gasteiger partial charge in [0, 0.05) is 25.3 Å².